The van der Waals surface area contributed by atoms with E-state index < -0.39 is 0 Å². The van der Waals surface area contributed by atoms with Crippen LogP contribution in [0.4, 0.5) is 5.69 Å². The maximum atomic E-state index is 12.7. The van der Waals surface area contributed by atoms with E-state index in [-0.39, 0.29) is 17.6 Å². The van der Waals surface area contributed by atoms with Crippen LogP contribution in [-0.4, -0.2) is 59.6 Å². The van der Waals surface area contributed by atoms with Gasteiger partial charge in [0.05, 0.1) is 0 Å². The lowest BCUT2D eigenvalue weighted by Gasteiger charge is -2.38. The van der Waals surface area contributed by atoms with E-state index in [1.54, 1.807) is 24.3 Å². The van der Waals surface area contributed by atoms with Gasteiger partial charge in [0.2, 0.25) is 5.91 Å². The molecule has 6 nitrogen and oxygen atoms in total. The third kappa shape index (κ3) is 6.50. The Balaban J connectivity index is 1.48. The molecule has 0 saturated carbocycles. The van der Waals surface area contributed by atoms with Crippen LogP contribution >= 0.6 is 0 Å². The van der Waals surface area contributed by atoms with E-state index in [2.05, 4.69) is 17.1 Å². The third-order valence-corrected chi connectivity index (χ3v) is 6.00. The summed E-state index contributed by atoms with van der Waals surface area (Å²) >= 11 is 0. The van der Waals surface area contributed by atoms with Gasteiger partial charge in [-0.2, -0.15) is 0 Å². The Morgan fingerprint density at radius 2 is 1.59 bits per heavy atom. The summed E-state index contributed by atoms with van der Waals surface area (Å²) in [5, 5.41) is 2.92. The highest BCUT2D eigenvalue weighted by molar-refractivity contribution is 5.95. The molecular weight excluding hydrogens is 402 g/mol. The molecule has 0 atom stereocenters. The maximum Gasteiger partial charge on any atom is 0.253 e. The molecule has 6 heteroatoms. The Morgan fingerprint density at radius 1 is 0.938 bits per heavy atom. The summed E-state index contributed by atoms with van der Waals surface area (Å²) in [6, 6.07) is 16.8. The van der Waals surface area contributed by atoms with Gasteiger partial charge in [-0.15, -0.1) is 0 Å². The molecule has 1 fully saturated rings. The molecule has 0 spiro atoms. The van der Waals surface area contributed by atoms with E-state index >= 15 is 0 Å². The number of anilines is 1. The fourth-order valence-electron chi connectivity index (χ4n) is 4.22. The van der Waals surface area contributed by atoms with Crippen molar-refractivity contribution in [2.45, 2.75) is 45.6 Å². The number of rotatable bonds is 9. The molecule has 170 valence electrons. The molecular formula is C26H33N3O3. The molecule has 3 rings (SSSR count). The lowest BCUT2D eigenvalue weighted by molar-refractivity contribution is -0.116. The second kappa shape index (κ2) is 11.6. The van der Waals surface area contributed by atoms with Crippen molar-refractivity contribution in [1.29, 1.82) is 0 Å². The fraction of sp³-hybridized carbons (Fsp3) is 0.423. The van der Waals surface area contributed by atoms with Gasteiger partial charge in [-0.05, 0) is 69.1 Å². The summed E-state index contributed by atoms with van der Waals surface area (Å²) in [6.07, 6.45) is 3.29. The van der Waals surface area contributed by atoms with Gasteiger partial charge >= 0.3 is 0 Å². The van der Waals surface area contributed by atoms with Gasteiger partial charge in [-0.1, -0.05) is 25.1 Å². The van der Waals surface area contributed by atoms with Crippen molar-refractivity contribution >= 4 is 23.3 Å². The van der Waals surface area contributed by atoms with Crippen LogP contribution in [0.15, 0.2) is 54.6 Å². The molecule has 0 radical (unpaired) electrons. The summed E-state index contributed by atoms with van der Waals surface area (Å²) < 4.78 is 0. The Morgan fingerprint density at radius 3 is 2.19 bits per heavy atom. The zero-order chi connectivity index (χ0) is 22.9. The molecule has 0 aromatic heterocycles. The first-order valence-corrected chi connectivity index (χ1v) is 11.5. The number of ketones is 1. The minimum absolute atomic E-state index is 0.00889. The average molecular weight is 436 g/mol. The lowest BCUT2D eigenvalue weighted by atomic mass is 10.0. The molecule has 0 unspecified atom stereocenters. The molecule has 1 aliphatic heterocycles. The van der Waals surface area contributed by atoms with E-state index in [0.717, 1.165) is 44.5 Å². The molecule has 32 heavy (non-hydrogen) atoms. The molecule has 1 N–H and O–H groups in total. The minimum Gasteiger partial charge on any atom is -0.339 e. The van der Waals surface area contributed by atoms with Crippen LogP contribution < -0.4 is 5.32 Å². The lowest BCUT2D eigenvalue weighted by Crippen LogP contribution is -2.47. The van der Waals surface area contributed by atoms with E-state index in [9.17, 15) is 14.4 Å². The minimum atomic E-state index is -0.0293. The largest absolute Gasteiger partial charge is 0.339 e. The van der Waals surface area contributed by atoms with E-state index in [0.29, 0.717) is 30.3 Å². The number of piperidine rings is 1. The summed E-state index contributed by atoms with van der Waals surface area (Å²) in [4.78, 5) is 40.9. The SMILES string of the molecule is CCCN(CCC(=O)Nc1ccc(C(C)=O)cc1)C1CCN(C(=O)c2ccccc2)CC1. The van der Waals surface area contributed by atoms with Crippen LogP contribution in [0.25, 0.3) is 0 Å². The number of Topliss-reactive ketones (excluding diaryl/α,β-unsaturated/α-hetero) is 1. The van der Waals surface area contributed by atoms with Crippen LogP contribution in [0.2, 0.25) is 0 Å². The zero-order valence-corrected chi connectivity index (χ0v) is 19.0. The number of benzene rings is 2. The molecule has 1 saturated heterocycles. The van der Waals surface area contributed by atoms with Crippen LogP contribution in [-0.2, 0) is 4.79 Å². The number of nitrogens with one attached hydrogen (secondary N) is 1. The maximum absolute atomic E-state index is 12.7. The highest BCUT2D eigenvalue weighted by Gasteiger charge is 2.27. The predicted molar refractivity (Wildman–Crippen MR) is 127 cm³/mol. The van der Waals surface area contributed by atoms with Gasteiger partial charge in [0.25, 0.3) is 5.91 Å². The number of hydrogen-bond donors (Lipinski definition) is 1. The molecule has 1 heterocycles. The van der Waals surface area contributed by atoms with Gasteiger partial charge < -0.3 is 10.2 Å². The van der Waals surface area contributed by atoms with Crippen molar-refractivity contribution in [2.24, 2.45) is 0 Å². The van der Waals surface area contributed by atoms with E-state index in [4.69, 9.17) is 0 Å². The molecule has 2 amide bonds. The molecule has 2 aromatic carbocycles. The first kappa shape index (κ1) is 23.7. The molecule has 1 aliphatic rings. The zero-order valence-electron chi connectivity index (χ0n) is 19.0. The second-order valence-corrected chi connectivity index (χ2v) is 8.36. The summed E-state index contributed by atoms with van der Waals surface area (Å²) in [5.74, 6) is 0.0780. The third-order valence-electron chi connectivity index (χ3n) is 6.00. The van der Waals surface area contributed by atoms with Crippen molar-refractivity contribution in [3.63, 3.8) is 0 Å². The van der Waals surface area contributed by atoms with Crippen LogP contribution in [0.3, 0.4) is 0 Å². The van der Waals surface area contributed by atoms with Gasteiger partial charge in [-0.25, -0.2) is 0 Å². The van der Waals surface area contributed by atoms with Gasteiger partial charge in [0.15, 0.2) is 5.78 Å². The Kier molecular flexibility index (Phi) is 8.56. The molecule has 2 aromatic rings. The molecule has 0 aliphatic carbocycles. The van der Waals surface area contributed by atoms with Crippen molar-refractivity contribution < 1.29 is 14.4 Å². The highest BCUT2D eigenvalue weighted by Crippen LogP contribution is 2.19. The van der Waals surface area contributed by atoms with Gasteiger partial charge in [0.1, 0.15) is 0 Å². The Labute approximate surface area is 190 Å². The number of amides is 2. The van der Waals surface area contributed by atoms with E-state index in [1.165, 1.54) is 6.92 Å². The number of hydrogen-bond acceptors (Lipinski definition) is 4. The highest BCUT2D eigenvalue weighted by atomic mass is 16.2. The van der Waals surface area contributed by atoms with Crippen molar-refractivity contribution in [2.75, 3.05) is 31.5 Å². The van der Waals surface area contributed by atoms with Crippen LogP contribution in [0.1, 0.15) is 60.2 Å². The smallest absolute Gasteiger partial charge is 0.253 e. The standard InChI is InChI=1S/C26H33N3O3/c1-3-16-28(19-15-25(31)27-23-11-9-21(10-12-23)20(2)30)24-13-17-29(18-14-24)26(32)22-7-5-4-6-8-22/h4-12,24H,3,13-19H2,1-2H3,(H,27,31). The Bertz CT molecular complexity index is 904. The number of nitrogens with zero attached hydrogens (tertiary/aromatic N) is 2. The van der Waals surface area contributed by atoms with Crippen molar-refractivity contribution in [1.82, 2.24) is 9.80 Å². The number of likely N-dealkylation sites (tertiary alicyclic amines) is 1. The first-order valence-electron chi connectivity index (χ1n) is 11.5. The van der Waals surface area contributed by atoms with Gasteiger partial charge in [-0.3, -0.25) is 19.3 Å². The van der Waals surface area contributed by atoms with E-state index in [1.807, 2.05) is 35.2 Å². The van der Waals surface area contributed by atoms with Crippen molar-refractivity contribution in [3.8, 4) is 0 Å². The predicted octanol–water partition coefficient (Wildman–Crippen LogP) is 4.23. The van der Waals surface area contributed by atoms with Crippen LogP contribution in [0, 0.1) is 0 Å². The monoisotopic (exact) mass is 435 g/mol. The normalized spacial score (nSPS) is 14.4. The number of carbonyl (C=O) groups excluding carboxylic acids is 3. The number of carbonyl (C=O) groups is 3. The Hall–Kier alpha value is -2.99. The van der Waals surface area contributed by atoms with Crippen LogP contribution in [0.5, 0.6) is 0 Å². The van der Waals surface area contributed by atoms with Crippen molar-refractivity contribution in [3.05, 3.63) is 65.7 Å². The molecule has 0 bridgehead atoms. The fourth-order valence-corrected chi connectivity index (χ4v) is 4.22. The topological polar surface area (TPSA) is 69.7 Å². The summed E-state index contributed by atoms with van der Waals surface area (Å²) in [7, 11) is 0. The summed E-state index contributed by atoms with van der Waals surface area (Å²) in [5.41, 5.74) is 2.08. The average Bonchev–Trinajstić information content (AvgIpc) is 2.82. The second-order valence-electron chi connectivity index (χ2n) is 8.36. The summed E-state index contributed by atoms with van der Waals surface area (Å²) in [6.45, 7) is 6.80. The van der Waals surface area contributed by atoms with Gasteiger partial charge in [0, 0.05) is 48.9 Å². The first-order chi connectivity index (χ1) is 15.5. The quantitative estimate of drug-likeness (QED) is 0.599.